The summed E-state index contributed by atoms with van der Waals surface area (Å²) in [4.78, 5) is 27.6. The molecule has 0 heterocycles. The van der Waals surface area contributed by atoms with E-state index in [0.29, 0.717) is 6.54 Å². The van der Waals surface area contributed by atoms with Gasteiger partial charge in [-0.2, -0.15) is 0 Å². The summed E-state index contributed by atoms with van der Waals surface area (Å²) in [6.45, 7) is 2.35. The van der Waals surface area contributed by atoms with Crippen LogP contribution >= 0.6 is 0 Å². The number of rotatable bonds is 9. The third-order valence-electron chi connectivity index (χ3n) is 4.31. The van der Waals surface area contributed by atoms with Crippen LogP contribution in [0.1, 0.15) is 17.5 Å². The van der Waals surface area contributed by atoms with E-state index < -0.39 is 5.97 Å². The number of likely N-dealkylation sites (N-methyl/N-ethyl adjacent to an activating group) is 1. The highest BCUT2D eigenvalue weighted by Crippen LogP contribution is 2.16. The molecule has 0 bridgehead atoms. The van der Waals surface area contributed by atoms with Crippen LogP contribution in [0.3, 0.4) is 0 Å². The van der Waals surface area contributed by atoms with Gasteiger partial charge in [-0.25, -0.2) is 0 Å². The average molecular weight is 384 g/mol. The molecule has 6 nitrogen and oxygen atoms in total. The van der Waals surface area contributed by atoms with Crippen LogP contribution in [0.2, 0.25) is 0 Å². The number of hydrogen-bond acceptors (Lipinski definition) is 5. The number of benzene rings is 2. The number of amides is 1. The van der Waals surface area contributed by atoms with Crippen LogP contribution in [0, 0.1) is 6.92 Å². The number of ether oxygens (including phenoxy) is 2. The third kappa shape index (κ3) is 6.61. The molecule has 0 aliphatic heterocycles. The molecular formula is C22H28N2O4. The van der Waals surface area contributed by atoms with E-state index in [1.807, 2.05) is 74.4 Å². The monoisotopic (exact) mass is 384 g/mol. The molecule has 2 rings (SSSR count). The first-order valence-corrected chi connectivity index (χ1v) is 9.21. The summed E-state index contributed by atoms with van der Waals surface area (Å²) in [6.07, 6.45) is 0.0946. The summed E-state index contributed by atoms with van der Waals surface area (Å²) in [5.41, 5.74) is 3.12. The molecule has 2 aromatic rings. The summed E-state index contributed by atoms with van der Waals surface area (Å²) >= 11 is 0. The molecule has 0 fully saturated rings. The van der Waals surface area contributed by atoms with Gasteiger partial charge in [0.25, 0.3) is 5.91 Å². The summed E-state index contributed by atoms with van der Waals surface area (Å²) < 4.78 is 10.6. The van der Waals surface area contributed by atoms with Gasteiger partial charge in [0.15, 0.2) is 6.61 Å². The predicted molar refractivity (Wildman–Crippen MR) is 109 cm³/mol. The Labute approximate surface area is 166 Å². The predicted octanol–water partition coefficient (Wildman–Crippen LogP) is 3.03. The Morgan fingerprint density at radius 1 is 0.964 bits per heavy atom. The first-order chi connectivity index (χ1) is 13.4. The van der Waals surface area contributed by atoms with Crippen molar-refractivity contribution in [2.24, 2.45) is 0 Å². The van der Waals surface area contributed by atoms with Crippen molar-refractivity contribution in [3.8, 4) is 5.75 Å². The van der Waals surface area contributed by atoms with Crippen molar-refractivity contribution in [1.82, 2.24) is 4.90 Å². The Bertz CT molecular complexity index is 787. The van der Waals surface area contributed by atoms with Crippen LogP contribution in [0.4, 0.5) is 5.69 Å². The third-order valence-corrected chi connectivity index (χ3v) is 4.31. The Kier molecular flexibility index (Phi) is 7.87. The molecule has 0 saturated carbocycles. The summed E-state index contributed by atoms with van der Waals surface area (Å²) in [5, 5.41) is 0. The molecule has 0 aliphatic carbocycles. The topological polar surface area (TPSA) is 59.1 Å². The lowest BCUT2D eigenvalue weighted by molar-refractivity contribution is -0.152. The van der Waals surface area contributed by atoms with E-state index in [2.05, 4.69) is 0 Å². The van der Waals surface area contributed by atoms with E-state index in [0.717, 1.165) is 22.6 Å². The number of para-hydroxylation sites is 1. The Balaban J connectivity index is 1.70. The zero-order valence-corrected chi connectivity index (χ0v) is 17.0. The number of aryl methyl sites for hydroxylation is 1. The van der Waals surface area contributed by atoms with Gasteiger partial charge in [0.2, 0.25) is 0 Å². The van der Waals surface area contributed by atoms with Gasteiger partial charge in [-0.3, -0.25) is 9.59 Å². The molecule has 0 aromatic heterocycles. The zero-order chi connectivity index (χ0) is 20.5. The lowest BCUT2D eigenvalue weighted by Crippen LogP contribution is -2.31. The highest BCUT2D eigenvalue weighted by Gasteiger charge is 2.13. The highest BCUT2D eigenvalue weighted by molar-refractivity contribution is 5.80. The minimum absolute atomic E-state index is 0.0946. The molecule has 0 aliphatic rings. The average Bonchev–Trinajstić information content (AvgIpc) is 2.68. The van der Waals surface area contributed by atoms with E-state index in [-0.39, 0.29) is 25.5 Å². The molecule has 0 N–H and O–H groups in total. The van der Waals surface area contributed by atoms with Crippen molar-refractivity contribution >= 4 is 17.6 Å². The first kappa shape index (κ1) is 21.3. The minimum atomic E-state index is -0.453. The fourth-order valence-corrected chi connectivity index (χ4v) is 2.55. The van der Waals surface area contributed by atoms with Crippen molar-refractivity contribution in [2.45, 2.75) is 19.9 Å². The molecule has 0 spiro atoms. The lowest BCUT2D eigenvalue weighted by Gasteiger charge is -2.18. The van der Waals surface area contributed by atoms with E-state index in [9.17, 15) is 9.59 Å². The number of esters is 1. The van der Waals surface area contributed by atoms with Gasteiger partial charge < -0.3 is 19.3 Å². The van der Waals surface area contributed by atoms with E-state index in [1.165, 1.54) is 0 Å². The molecule has 0 atom stereocenters. The van der Waals surface area contributed by atoms with Crippen molar-refractivity contribution in [1.29, 1.82) is 0 Å². The number of hydrogen-bond donors (Lipinski definition) is 0. The molecule has 0 radical (unpaired) electrons. The number of anilines is 1. The van der Waals surface area contributed by atoms with Crippen LogP contribution in [-0.4, -0.2) is 51.1 Å². The van der Waals surface area contributed by atoms with Gasteiger partial charge in [0, 0.05) is 33.4 Å². The van der Waals surface area contributed by atoms with Gasteiger partial charge in [0.1, 0.15) is 5.75 Å². The molecule has 28 heavy (non-hydrogen) atoms. The maximum absolute atomic E-state index is 12.2. The van der Waals surface area contributed by atoms with Crippen molar-refractivity contribution in [2.75, 3.05) is 39.3 Å². The highest BCUT2D eigenvalue weighted by atomic mass is 16.5. The Morgan fingerprint density at radius 2 is 1.64 bits per heavy atom. The minimum Gasteiger partial charge on any atom is -0.493 e. The number of carbonyl (C=O) groups is 2. The van der Waals surface area contributed by atoms with E-state index in [4.69, 9.17) is 9.47 Å². The molecule has 6 heteroatoms. The van der Waals surface area contributed by atoms with Gasteiger partial charge in [-0.15, -0.1) is 0 Å². The maximum atomic E-state index is 12.2. The van der Waals surface area contributed by atoms with Crippen LogP contribution in [-0.2, 0) is 20.9 Å². The lowest BCUT2D eigenvalue weighted by atomic mass is 10.2. The number of nitrogens with zero attached hydrogens (tertiary/aromatic N) is 2. The van der Waals surface area contributed by atoms with Crippen molar-refractivity contribution < 1.29 is 19.1 Å². The molecule has 2 aromatic carbocycles. The molecule has 1 amide bonds. The fourth-order valence-electron chi connectivity index (χ4n) is 2.55. The number of carbonyl (C=O) groups excluding carboxylic acids is 2. The van der Waals surface area contributed by atoms with E-state index >= 15 is 0 Å². The fraction of sp³-hybridized carbons (Fsp3) is 0.364. The van der Waals surface area contributed by atoms with Gasteiger partial charge in [-0.05, 0) is 36.2 Å². The van der Waals surface area contributed by atoms with Crippen LogP contribution in [0.5, 0.6) is 5.75 Å². The molecule has 0 unspecified atom stereocenters. The second-order valence-corrected chi connectivity index (χ2v) is 6.84. The van der Waals surface area contributed by atoms with Gasteiger partial charge in [0.05, 0.1) is 13.0 Å². The van der Waals surface area contributed by atoms with Crippen LogP contribution < -0.4 is 9.64 Å². The van der Waals surface area contributed by atoms with Gasteiger partial charge >= 0.3 is 5.97 Å². The van der Waals surface area contributed by atoms with Crippen LogP contribution in [0.15, 0.2) is 48.5 Å². The Morgan fingerprint density at radius 3 is 2.29 bits per heavy atom. The van der Waals surface area contributed by atoms with Crippen molar-refractivity contribution in [3.05, 3.63) is 59.7 Å². The summed E-state index contributed by atoms with van der Waals surface area (Å²) in [7, 11) is 5.65. The van der Waals surface area contributed by atoms with Crippen LogP contribution in [0.25, 0.3) is 0 Å². The molecule has 0 saturated heterocycles. The summed E-state index contributed by atoms with van der Waals surface area (Å²) in [5.74, 6) is 0.0434. The summed E-state index contributed by atoms with van der Waals surface area (Å²) in [6, 6.07) is 15.6. The smallest absolute Gasteiger partial charge is 0.309 e. The quantitative estimate of drug-likeness (QED) is 0.622. The van der Waals surface area contributed by atoms with Gasteiger partial charge in [-0.1, -0.05) is 30.3 Å². The molecular weight excluding hydrogens is 356 g/mol. The first-order valence-electron chi connectivity index (χ1n) is 9.21. The van der Waals surface area contributed by atoms with E-state index in [1.54, 1.807) is 11.9 Å². The largest absolute Gasteiger partial charge is 0.493 e. The Hall–Kier alpha value is -3.02. The SMILES string of the molecule is Cc1ccccc1OCCC(=O)OCC(=O)N(C)Cc1ccc(N(C)C)cc1. The van der Waals surface area contributed by atoms with Crippen molar-refractivity contribution in [3.63, 3.8) is 0 Å². The normalized spacial score (nSPS) is 10.3. The molecule has 150 valence electrons. The maximum Gasteiger partial charge on any atom is 0.309 e. The standard InChI is InChI=1S/C22H28N2O4/c1-17-7-5-6-8-20(17)27-14-13-22(26)28-16-21(25)24(4)15-18-9-11-19(12-10-18)23(2)3/h5-12H,13-16H2,1-4H3. The second-order valence-electron chi connectivity index (χ2n) is 6.84. The second kappa shape index (κ2) is 10.3. The zero-order valence-electron chi connectivity index (χ0n) is 17.0.